The van der Waals surface area contributed by atoms with Crippen LogP contribution in [0.5, 0.6) is 5.75 Å². The summed E-state index contributed by atoms with van der Waals surface area (Å²) < 4.78 is 49.5. The van der Waals surface area contributed by atoms with Crippen molar-refractivity contribution in [1.82, 2.24) is 0 Å². The maximum atomic E-state index is 13.2. The Morgan fingerprint density at radius 2 is 1.76 bits per heavy atom. The first-order valence-electron chi connectivity index (χ1n) is 7.18. The third-order valence-electron chi connectivity index (χ3n) is 3.49. The van der Waals surface area contributed by atoms with E-state index in [0.29, 0.717) is 5.39 Å². The van der Waals surface area contributed by atoms with Crippen LogP contribution in [0.1, 0.15) is 12.5 Å². The highest BCUT2D eigenvalue weighted by atomic mass is 19.4. The highest BCUT2D eigenvalue weighted by Gasteiger charge is 2.34. The molecular weight excluding hydrogens is 337 g/mol. The molecule has 0 unspecified atom stereocenters. The van der Waals surface area contributed by atoms with E-state index in [-0.39, 0.29) is 22.5 Å². The molecule has 0 aliphatic rings. The summed E-state index contributed by atoms with van der Waals surface area (Å²) in [6.45, 7) is 1.22. The predicted molar refractivity (Wildman–Crippen MR) is 84.2 cm³/mol. The van der Waals surface area contributed by atoms with Crippen molar-refractivity contribution in [3.05, 3.63) is 64.5 Å². The van der Waals surface area contributed by atoms with Crippen molar-refractivity contribution >= 4 is 16.9 Å². The number of carbonyl (C=O) groups excluding carboxylic acids is 1. The highest BCUT2D eigenvalue weighted by Crippen LogP contribution is 2.36. The van der Waals surface area contributed by atoms with Gasteiger partial charge in [-0.3, -0.25) is 4.79 Å². The Bertz CT molecular complexity index is 1020. The molecule has 1 heterocycles. The van der Waals surface area contributed by atoms with Crippen LogP contribution >= 0.6 is 0 Å². The minimum Gasteiger partial charge on any atom is -0.427 e. The number of carbonyl (C=O) groups is 1. The zero-order valence-electron chi connectivity index (χ0n) is 12.9. The molecule has 0 atom stereocenters. The maximum Gasteiger partial charge on any atom is 0.417 e. The van der Waals surface area contributed by atoms with Crippen molar-refractivity contribution in [2.24, 2.45) is 0 Å². The lowest BCUT2D eigenvalue weighted by Gasteiger charge is -2.12. The van der Waals surface area contributed by atoms with Crippen LogP contribution < -0.4 is 10.4 Å². The fourth-order valence-electron chi connectivity index (χ4n) is 2.47. The first-order chi connectivity index (χ1) is 11.8. The summed E-state index contributed by atoms with van der Waals surface area (Å²) in [5.41, 5.74) is -2.17. The molecule has 128 valence electrons. The van der Waals surface area contributed by atoms with Crippen LogP contribution in [0.3, 0.4) is 0 Å². The number of hydrogen-bond acceptors (Lipinski definition) is 4. The van der Waals surface area contributed by atoms with Gasteiger partial charge in [-0.2, -0.15) is 13.2 Å². The van der Waals surface area contributed by atoms with Gasteiger partial charge in [0.2, 0.25) is 0 Å². The third-order valence-corrected chi connectivity index (χ3v) is 3.49. The molecule has 0 N–H and O–H groups in total. The van der Waals surface area contributed by atoms with E-state index in [1.165, 1.54) is 49.4 Å². The van der Waals surface area contributed by atoms with Crippen molar-refractivity contribution in [3.8, 4) is 16.9 Å². The summed E-state index contributed by atoms with van der Waals surface area (Å²) in [6.07, 6.45) is -4.60. The van der Waals surface area contributed by atoms with Crippen LogP contribution in [0.2, 0.25) is 0 Å². The average Bonchev–Trinajstić information content (AvgIpc) is 2.53. The fraction of sp³-hybridized carbons (Fsp3) is 0.111. The van der Waals surface area contributed by atoms with E-state index in [4.69, 9.17) is 9.15 Å². The SMILES string of the molecule is CC(=O)Oc1ccc2cc(-c3ccccc3C(F)(F)F)c(=O)oc2c1. The molecule has 0 bridgehead atoms. The van der Waals surface area contributed by atoms with Crippen molar-refractivity contribution in [3.63, 3.8) is 0 Å². The molecule has 0 amide bonds. The molecule has 0 aliphatic carbocycles. The lowest BCUT2D eigenvalue weighted by atomic mass is 10.00. The van der Waals surface area contributed by atoms with Crippen LogP contribution in [0, 0.1) is 0 Å². The summed E-state index contributed by atoms with van der Waals surface area (Å²) in [6, 6.07) is 10.4. The zero-order chi connectivity index (χ0) is 18.2. The molecule has 0 spiro atoms. The Kier molecular flexibility index (Phi) is 4.08. The number of alkyl halides is 3. The molecule has 0 fully saturated rings. The first-order valence-corrected chi connectivity index (χ1v) is 7.18. The Hall–Kier alpha value is -3.09. The van der Waals surface area contributed by atoms with Crippen molar-refractivity contribution in [2.45, 2.75) is 13.1 Å². The van der Waals surface area contributed by atoms with Crippen LogP contribution in [0.4, 0.5) is 13.2 Å². The second-order valence-corrected chi connectivity index (χ2v) is 5.28. The van der Waals surface area contributed by atoms with Gasteiger partial charge in [0.1, 0.15) is 11.3 Å². The van der Waals surface area contributed by atoms with Crippen molar-refractivity contribution < 1.29 is 27.1 Å². The molecule has 0 saturated carbocycles. The molecule has 0 aliphatic heterocycles. The molecule has 7 heteroatoms. The largest absolute Gasteiger partial charge is 0.427 e. The van der Waals surface area contributed by atoms with E-state index >= 15 is 0 Å². The molecule has 0 radical (unpaired) electrons. The van der Waals surface area contributed by atoms with Crippen molar-refractivity contribution in [1.29, 1.82) is 0 Å². The van der Waals surface area contributed by atoms with Crippen LogP contribution in [-0.2, 0) is 11.0 Å². The molecule has 25 heavy (non-hydrogen) atoms. The van der Waals surface area contributed by atoms with E-state index < -0.39 is 23.3 Å². The normalized spacial score (nSPS) is 11.5. The maximum absolute atomic E-state index is 13.2. The fourth-order valence-corrected chi connectivity index (χ4v) is 2.47. The molecule has 1 aromatic heterocycles. The van der Waals surface area contributed by atoms with E-state index in [1.807, 2.05) is 0 Å². The lowest BCUT2D eigenvalue weighted by molar-refractivity contribution is -0.137. The first kappa shape index (κ1) is 16.8. The Labute approximate surface area is 139 Å². The molecule has 4 nitrogen and oxygen atoms in total. The number of fused-ring (bicyclic) bond motifs is 1. The summed E-state index contributed by atoms with van der Waals surface area (Å²) in [5.74, 6) is -0.371. The van der Waals surface area contributed by atoms with Gasteiger partial charge in [-0.15, -0.1) is 0 Å². The quantitative estimate of drug-likeness (QED) is 0.391. The molecule has 3 aromatic rings. The van der Waals surface area contributed by atoms with Gasteiger partial charge >= 0.3 is 17.8 Å². The number of esters is 1. The van der Waals surface area contributed by atoms with Gasteiger partial charge in [0.05, 0.1) is 11.1 Å². The molecular formula is C18H11F3O4. The van der Waals surface area contributed by atoms with Gasteiger partial charge in [-0.1, -0.05) is 18.2 Å². The summed E-state index contributed by atoms with van der Waals surface area (Å²) in [7, 11) is 0. The third kappa shape index (κ3) is 3.40. The monoisotopic (exact) mass is 348 g/mol. The Morgan fingerprint density at radius 3 is 2.44 bits per heavy atom. The minimum absolute atomic E-state index is 0.108. The van der Waals surface area contributed by atoms with E-state index in [2.05, 4.69) is 0 Å². The summed E-state index contributed by atoms with van der Waals surface area (Å²) in [4.78, 5) is 23.2. The van der Waals surface area contributed by atoms with Gasteiger partial charge in [0.25, 0.3) is 0 Å². The second kappa shape index (κ2) is 6.08. The van der Waals surface area contributed by atoms with Gasteiger partial charge in [0, 0.05) is 23.9 Å². The second-order valence-electron chi connectivity index (χ2n) is 5.28. The van der Waals surface area contributed by atoms with E-state index in [9.17, 15) is 22.8 Å². The smallest absolute Gasteiger partial charge is 0.417 e. The number of halogens is 3. The molecule has 0 saturated heterocycles. The zero-order valence-corrected chi connectivity index (χ0v) is 12.9. The summed E-state index contributed by atoms with van der Waals surface area (Å²) in [5, 5.41) is 0.405. The Balaban J connectivity index is 2.18. The van der Waals surface area contributed by atoms with Crippen molar-refractivity contribution in [2.75, 3.05) is 0 Å². The van der Waals surface area contributed by atoms with Gasteiger partial charge in [-0.25, -0.2) is 4.79 Å². The highest BCUT2D eigenvalue weighted by molar-refractivity contribution is 5.84. The lowest BCUT2D eigenvalue weighted by Crippen LogP contribution is -2.11. The minimum atomic E-state index is -4.60. The van der Waals surface area contributed by atoms with Gasteiger partial charge in [-0.05, 0) is 24.3 Å². The van der Waals surface area contributed by atoms with Gasteiger partial charge in [0.15, 0.2) is 0 Å². The number of hydrogen-bond donors (Lipinski definition) is 0. The predicted octanol–water partition coefficient (Wildman–Crippen LogP) is 4.40. The van der Waals surface area contributed by atoms with E-state index in [0.717, 1.165) is 6.07 Å². The van der Waals surface area contributed by atoms with Crippen LogP contribution in [0.15, 0.2) is 57.7 Å². The topological polar surface area (TPSA) is 56.5 Å². The standard InChI is InChI=1S/C18H11F3O4/c1-10(22)24-12-7-6-11-8-14(17(23)25-16(11)9-12)13-4-2-3-5-15(13)18(19,20)21/h2-9H,1H3. The number of rotatable bonds is 2. The van der Waals surface area contributed by atoms with Crippen LogP contribution in [-0.4, -0.2) is 5.97 Å². The average molecular weight is 348 g/mol. The molecule has 3 rings (SSSR count). The number of ether oxygens (including phenoxy) is 1. The van der Waals surface area contributed by atoms with E-state index in [1.54, 1.807) is 0 Å². The van der Waals surface area contributed by atoms with Gasteiger partial charge < -0.3 is 9.15 Å². The summed E-state index contributed by atoms with van der Waals surface area (Å²) >= 11 is 0. The number of benzene rings is 2. The Morgan fingerprint density at radius 1 is 1.04 bits per heavy atom. The van der Waals surface area contributed by atoms with Crippen LogP contribution in [0.25, 0.3) is 22.1 Å². The molecule has 2 aromatic carbocycles.